The Bertz CT molecular complexity index is 520. The van der Waals surface area contributed by atoms with Gasteiger partial charge in [0.2, 0.25) is 0 Å². The van der Waals surface area contributed by atoms with Crippen molar-refractivity contribution < 1.29 is 4.79 Å². The van der Waals surface area contributed by atoms with E-state index in [-0.39, 0.29) is 5.41 Å². The van der Waals surface area contributed by atoms with Gasteiger partial charge in [-0.3, -0.25) is 0 Å². The fraction of sp³-hybridized carbons (Fsp3) is 0.385. The fourth-order valence-electron chi connectivity index (χ4n) is 1.71. The molecule has 84 valence electrons. The van der Waals surface area contributed by atoms with E-state index in [9.17, 15) is 4.79 Å². The van der Waals surface area contributed by atoms with Gasteiger partial charge in [-0.2, -0.15) is 0 Å². The second-order valence-corrected chi connectivity index (χ2v) is 5.02. The maximum atomic E-state index is 10.6. The van der Waals surface area contributed by atoms with Crippen LogP contribution in [0.2, 0.25) is 0 Å². The molecule has 0 atom stereocenters. The average Bonchev–Trinajstić information content (AvgIpc) is 2.60. The van der Waals surface area contributed by atoms with E-state index in [0.717, 1.165) is 17.6 Å². The van der Waals surface area contributed by atoms with E-state index < -0.39 is 0 Å². The first-order valence-corrected chi connectivity index (χ1v) is 5.42. The second kappa shape index (κ2) is 3.74. The summed E-state index contributed by atoms with van der Waals surface area (Å²) in [6.45, 7) is 6.51. The molecule has 3 nitrogen and oxygen atoms in total. The van der Waals surface area contributed by atoms with Gasteiger partial charge in [0.1, 0.15) is 11.9 Å². The first-order chi connectivity index (χ1) is 7.52. The van der Waals surface area contributed by atoms with Crippen molar-refractivity contribution in [2.45, 2.75) is 32.6 Å². The summed E-state index contributed by atoms with van der Waals surface area (Å²) in [7, 11) is 0. The van der Waals surface area contributed by atoms with Crippen molar-refractivity contribution in [2.75, 3.05) is 0 Å². The van der Waals surface area contributed by atoms with Gasteiger partial charge >= 0.3 is 0 Å². The molecule has 3 heteroatoms. The lowest BCUT2D eigenvalue weighted by atomic mass is 9.88. The number of fused-ring (bicyclic) bond motifs is 1. The Kier molecular flexibility index (Phi) is 2.54. The van der Waals surface area contributed by atoms with Crippen molar-refractivity contribution in [3.8, 4) is 0 Å². The molecule has 2 aromatic heterocycles. The highest BCUT2D eigenvalue weighted by Gasteiger charge is 2.14. The van der Waals surface area contributed by atoms with Crippen molar-refractivity contribution in [1.82, 2.24) is 9.38 Å². The minimum absolute atomic E-state index is 0.108. The molecule has 2 aromatic rings. The van der Waals surface area contributed by atoms with Crippen LogP contribution in [0.25, 0.3) is 5.65 Å². The molecular formula is C13H16N2O. The van der Waals surface area contributed by atoms with Gasteiger partial charge in [-0.1, -0.05) is 26.8 Å². The maximum Gasteiger partial charge on any atom is 0.136 e. The fourth-order valence-corrected chi connectivity index (χ4v) is 1.71. The summed E-state index contributed by atoms with van der Waals surface area (Å²) in [4.78, 5) is 14.8. The van der Waals surface area contributed by atoms with Crippen LogP contribution in [0.3, 0.4) is 0 Å². The smallest absolute Gasteiger partial charge is 0.136 e. The predicted molar refractivity (Wildman–Crippen MR) is 63.7 cm³/mol. The van der Waals surface area contributed by atoms with E-state index >= 15 is 0 Å². The summed E-state index contributed by atoms with van der Waals surface area (Å²) < 4.78 is 2.00. The minimum Gasteiger partial charge on any atom is -0.303 e. The van der Waals surface area contributed by atoms with Gasteiger partial charge in [0.05, 0.1) is 0 Å². The average molecular weight is 216 g/mol. The molecular weight excluding hydrogens is 200 g/mol. The SMILES string of the molecule is CC(C)(C)c1ccc2ncc(CC=O)n2c1. The van der Waals surface area contributed by atoms with Gasteiger partial charge in [0, 0.05) is 24.5 Å². The lowest BCUT2D eigenvalue weighted by Crippen LogP contribution is -2.12. The monoisotopic (exact) mass is 216 g/mol. The van der Waals surface area contributed by atoms with Gasteiger partial charge < -0.3 is 9.20 Å². The molecule has 2 heterocycles. The van der Waals surface area contributed by atoms with Crippen molar-refractivity contribution in [3.63, 3.8) is 0 Å². The normalized spacial score (nSPS) is 11.9. The van der Waals surface area contributed by atoms with Crippen molar-refractivity contribution in [3.05, 3.63) is 35.8 Å². The molecule has 0 N–H and O–H groups in total. The van der Waals surface area contributed by atoms with Crippen LogP contribution in [-0.4, -0.2) is 15.7 Å². The lowest BCUT2D eigenvalue weighted by molar-refractivity contribution is -0.107. The van der Waals surface area contributed by atoms with Crippen molar-refractivity contribution in [1.29, 1.82) is 0 Å². The van der Waals surface area contributed by atoms with Gasteiger partial charge in [-0.15, -0.1) is 0 Å². The van der Waals surface area contributed by atoms with E-state index in [1.54, 1.807) is 6.20 Å². The van der Waals surface area contributed by atoms with E-state index in [4.69, 9.17) is 0 Å². The van der Waals surface area contributed by atoms with Crippen molar-refractivity contribution >= 4 is 11.9 Å². The van der Waals surface area contributed by atoms with E-state index in [1.807, 2.05) is 10.5 Å². The Morgan fingerprint density at radius 3 is 2.75 bits per heavy atom. The molecule has 0 amide bonds. The number of hydrogen-bond acceptors (Lipinski definition) is 2. The molecule has 0 aromatic carbocycles. The summed E-state index contributed by atoms with van der Waals surface area (Å²) in [6, 6.07) is 4.09. The first-order valence-electron chi connectivity index (χ1n) is 5.42. The summed E-state index contributed by atoms with van der Waals surface area (Å²) in [6.07, 6.45) is 5.15. The highest BCUT2D eigenvalue weighted by molar-refractivity contribution is 5.55. The summed E-state index contributed by atoms with van der Waals surface area (Å²) in [5, 5.41) is 0. The standard InChI is InChI=1S/C13H16N2O/c1-13(2,3)10-4-5-12-14-8-11(6-7-16)15(12)9-10/h4-5,7-9H,6H2,1-3H3. The van der Waals surface area contributed by atoms with Gasteiger partial charge in [0.15, 0.2) is 0 Å². The van der Waals surface area contributed by atoms with E-state index in [1.165, 1.54) is 5.56 Å². The summed E-state index contributed by atoms with van der Waals surface area (Å²) >= 11 is 0. The maximum absolute atomic E-state index is 10.6. The van der Waals surface area contributed by atoms with Crippen LogP contribution in [0, 0.1) is 0 Å². The summed E-state index contributed by atoms with van der Waals surface area (Å²) in [5.41, 5.74) is 3.18. The Morgan fingerprint density at radius 1 is 1.38 bits per heavy atom. The third-order valence-electron chi connectivity index (χ3n) is 2.74. The molecule has 0 aliphatic rings. The number of carbonyl (C=O) groups excluding carboxylic acids is 1. The third kappa shape index (κ3) is 1.85. The minimum atomic E-state index is 0.108. The highest BCUT2D eigenvalue weighted by Crippen LogP contribution is 2.22. The van der Waals surface area contributed by atoms with Gasteiger partial charge in [-0.25, -0.2) is 4.98 Å². The third-order valence-corrected chi connectivity index (χ3v) is 2.74. The molecule has 0 aliphatic carbocycles. The molecule has 0 saturated carbocycles. The number of carbonyl (C=O) groups is 1. The molecule has 0 bridgehead atoms. The van der Waals surface area contributed by atoms with Crippen LogP contribution in [0.5, 0.6) is 0 Å². The van der Waals surface area contributed by atoms with Crippen LogP contribution in [0.4, 0.5) is 0 Å². The first kappa shape index (κ1) is 10.9. The Labute approximate surface area is 95.1 Å². The molecule has 2 rings (SSSR count). The largest absolute Gasteiger partial charge is 0.303 e. The zero-order chi connectivity index (χ0) is 11.8. The topological polar surface area (TPSA) is 34.4 Å². The molecule has 0 saturated heterocycles. The number of hydrogen-bond donors (Lipinski definition) is 0. The number of aromatic nitrogens is 2. The number of imidazole rings is 1. The second-order valence-electron chi connectivity index (χ2n) is 5.02. The van der Waals surface area contributed by atoms with E-state index in [2.05, 4.69) is 38.0 Å². The van der Waals surface area contributed by atoms with Gasteiger partial charge in [0.25, 0.3) is 0 Å². The highest BCUT2D eigenvalue weighted by atomic mass is 16.1. The lowest BCUT2D eigenvalue weighted by Gasteiger charge is -2.19. The number of aldehydes is 1. The molecule has 16 heavy (non-hydrogen) atoms. The molecule has 0 unspecified atom stereocenters. The Hall–Kier alpha value is -1.64. The van der Waals surface area contributed by atoms with Crippen LogP contribution >= 0.6 is 0 Å². The van der Waals surface area contributed by atoms with Crippen LogP contribution in [0.1, 0.15) is 32.0 Å². The zero-order valence-corrected chi connectivity index (χ0v) is 9.90. The molecule has 0 aliphatic heterocycles. The predicted octanol–water partition coefficient (Wildman–Crippen LogP) is 2.37. The number of rotatable bonds is 2. The summed E-state index contributed by atoms with van der Waals surface area (Å²) in [5.74, 6) is 0. The van der Waals surface area contributed by atoms with Crippen LogP contribution in [-0.2, 0) is 16.6 Å². The van der Waals surface area contributed by atoms with Crippen LogP contribution < -0.4 is 0 Å². The van der Waals surface area contributed by atoms with Gasteiger partial charge in [-0.05, 0) is 17.0 Å². The van der Waals surface area contributed by atoms with Crippen LogP contribution in [0.15, 0.2) is 24.5 Å². The molecule has 0 fully saturated rings. The van der Waals surface area contributed by atoms with Crippen molar-refractivity contribution in [2.24, 2.45) is 0 Å². The van der Waals surface area contributed by atoms with E-state index in [0.29, 0.717) is 6.42 Å². The quantitative estimate of drug-likeness (QED) is 0.722. The number of nitrogens with zero attached hydrogens (tertiary/aromatic N) is 2. The Balaban J connectivity index is 2.58. The number of pyridine rings is 1. The zero-order valence-electron chi connectivity index (χ0n) is 9.90. The molecule has 0 radical (unpaired) electrons. The molecule has 0 spiro atoms. The Morgan fingerprint density at radius 2 is 2.12 bits per heavy atom.